The first kappa shape index (κ1) is 11.6. The average molecular weight is 233 g/mol. The van der Waals surface area contributed by atoms with Crippen LogP contribution in [0.3, 0.4) is 0 Å². The number of carbonyl (C=O) groups is 2. The Hall–Kier alpha value is -1.91. The summed E-state index contributed by atoms with van der Waals surface area (Å²) in [6.07, 6.45) is 4.49. The molecule has 90 valence electrons. The van der Waals surface area contributed by atoms with Crippen molar-refractivity contribution in [3.8, 4) is 0 Å². The molecule has 1 aliphatic rings. The molecule has 1 N–H and O–H groups in total. The molecule has 17 heavy (non-hydrogen) atoms. The van der Waals surface area contributed by atoms with Crippen molar-refractivity contribution < 1.29 is 9.59 Å². The van der Waals surface area contributed by atoms with Crippen LogP contribution in [0.1, 0.15) is 23.2 Å². The zero-order chi connectivity index (χ0) is 12.3. The van der Waals surface area contributed by atoms with E-state index in [1.54, 1.807) is 30.3 Å². The molecule has 0 spiro atoms. The maximum atomic E-state index is 11.6. The first-order valence-electron chi connectivity index (χ1n) is 5.61. The van der Waals surface area contributed by atoms with E-state index in [0.29, 0.717) is 17.4 Å². The highest BCUT2D eigenvalue weighted by molar-refractivity contribution is 5.86. The molecular formula is C12H15N3O2. The van der Waals surface area contributed by atoms with Crippen LogP contribution >= 0.6 is 0 Å². The number of amides is 1. The van der Waals surface area contributed by atoms with E-state index >= 15 is 0 Å². The second-order valence-corrected chi connectivity index (χ2v) is 4.23. The SMILES string of the molecule is CN(CC(=O)NC1CC1)c1ncccc1C=O. The molecule has 1 saturated carbocycles. The van der Waals surface area contributed by atoms with Crippen LogP contribution in [0.2, 0.25) is 0 Å². The van der Waals surface area contributed by atoms with E-state index in [-0.39, 0.29) is 12.5 Å². The van der Waals surface area contributed by atoms with Gasteiger partial charge in [-0.25, -0.2) is 4.98 Å². The fourth-order valence-corrected chi connectivity index (χ4v) is 1.61. The van der Waals surface area contributed by atoms with E-state index in [1.807, 2.05) is 0 Å². The van der Waals surface area contributed by atoms with Gasteiger partial charge in [0.2, 0.25) is 5.91 Å². The Bertz CT molecular complexity index is 430. The zero-order valence-corrected chi connectivity index (χ0v) is 9.72. The van der Waals surface area contributed by atoms with Crippen LogP contribution in [0.5, 0.6) is 0 Å². The van der Waals surface area contributed by atoms with Crippen molar-refractivity contribution in [3.63, 3.8) is 0 Å². The molecule has 0 aliphatic heterocycles. The third-order valence-electron chi connectivity index (χ3n) is 2.63. The molecule has 5 heteroatoms. The summed E-state index contributed by atoms with van der Waals surface area (Å²) in [5.41, 5.74) is 0.495. The Morgan fingerprint density at radius 3 is 3.06 bits per heavy atom. The molecule has 0 saturated heterocycles. The number of nitrogens with zero attached hydrogens (tertiary/aromatic N) is 2. The van der Waals surface area contributed by atoms with Gasteiger partial charge in [0.1, 0.15) is 5.82 Å². The highest BCUT2D eigenvalue weighted by Gasteiger charge is 2.23. The van der Waals surface area contributed by atoms with Crippen LogP contribution in [0.4, 0.5) is 5.82 Å². The number of anilines is 1. The molecule has 0 bridgehead atoms. The van der Waals surface area contributed by atoms with Gasteiger partial charge in [0.25, 0.3) is 0 Å². The number of rotatable bonds is 5. The van der Waals surface area contributed by atoms with E-state index in [2.05, 4.69) is 10.3 Å². The number of hydrogen-bond donors (Lipinski definition) is 1. The summed E-state index contributed by atoms with van der Waals surface area (Å²) in [6, 6.07) is 3.74. The van der Waals surface area contributed by atoms with Gasteiger partial charge in [0, 0.05) is 19.3 Å². The minimum absolute atomic E-state index is 0.0301. The molecule has 0 aromatic carbocycles. The minimum Gasteiger partial charge on any atom is -0.352 e. The van der Waals surface area contributed by atoms with Crippen LogP contribution in [0, 0.1) is 0 Å². The van der Waals surface area contributed by atoms with Crippen LogP contribution < -0.4 is 10.2 Å². The molecule has 1 fully saturated rings. The monoisotopic (exact) mass is 233 g/mol. The van der Waals surface area contributed by atoms with E-state index in [9.17, 15) is 9.59 Å². The van der Waals surface area contributed by atoms with E-state index in [1.165, 1.54) is 0 Å². The van der Waals surface area contributed by atoms with E-state index < -0.39 is 0 Å². The lowest BCUT2D eigenvalue weighted by Gasteiger charge is -2.18. The Morgan fingerprint density at radius 2 is 2.41 bits per heavy atom. The number of hydrogen-bond acceptors (Lipinski definition) is 4. The third kappa shape index (κ3) is 3.03. The van der Waals surface area contributed by atoms with E-state index in [0.717, 1.165) is 19.1 Å². The van der Waals surface area contributed by atoms with Crippen LogP contribution in [-0.4, -0.2) is 36.8 Å². The van der Waals surface area contributed by atoms with Crippen molar-refractivity contribution in [2.24, 2.45) is 0 Å². The maximum absolute atomic E-state index is 11.6. The number of carbonyl (C=O) groups excluding carboxylic acids is 2. The van der Waals surface area contributed by atoms with Gasteiger partial charge in [0.05, 0.1) is 12.1 Å². The Labute approximate surface area is 99.8 Å². The number of nitrogens with one attached hydrogen (secondary N) is 1. The van der Waals surface area contributed by atoms with E-state index in [4.69, 9.17) is 0 Å². The second kappa shape index (κ2) is 4.95. The predicted octanol–water partition coefficient (Wildman–Crippen LogP) is 0.609. The minimum atomic E-state index is -0.0301. The number of aldehydes is 1. The van der Waals surface area contributed by atoms with Crippen LogP contribution in [0.15, 0.2) is 18.3 Å². The largest absolute Gasteiger partial charge is 0.352 e. The Kier molecular flexibility index (Phi) is 3.37. The molecule has 5 nitrogen and oxygen atoms in total. The molecule has 1 aliphatic carbocycles. The summed E-state index contributed by atoms with van der Waals surface area (Å²) in [7, 11) is 1.75. The highest BCUT2D eigenvalue weighted by atomic mass is 16.2. The molecular weight excluding hydrogens is 218 g/mol. The van der Waals surface area contributed by atoms with Gasteiger partial charge in [-0.15, -0.1) is 0 Å². The van der Waals surface area contributed by atoms with Crippen molar-refractivity contribution in [2.75, 3.05) is 18.5 Å². The maximum Gasteiger partial charge on any atom is 0.239 e. The Balaban J connectivity index is 1.99. The molecule has 0 radical (unpaired) electrons. The van der Waals surface area contributed by atoms with Crippen molar-refractivity contribution >= 4 is 18.0 Å². The summed E-state index contributed by atoms with van der Waals surface area (Å²) >= 11 is 0. The number of likely N-dealkylation sites (N-methyl/N-ethyl adjacent to an activating group) is 1. The van der Waals surface area contributed by atoms with Crippen molar-refractivity contribution in [2.45, 2.75) is 18.9 Å². The molecule has 0 atom stereocenters. The first-order chi connectivity index (χ1) is 8.20. The van der Waals surface area contributed by atoms with Gasteiger partial charge >= 0.3 is 0 Å². The number of pyridine rings is 1. The Morgan fingerprint density at radius 1 is 1.65 bits per heavy atom. The quantitative estimate of drug-likeness (QED) is 0.757. The molecule has 2 rings (SSSR count). The molecule has 1 amide bonds. The summed E-state index contributed by atoms with van der Waals surface area (Å²) in [5.74, 6) is 0.506. The van der Waals surface area contributed by atoms with Gasteiger partial charge in [-0.3, -0.25) is 9.59 Å². The molecule has 1 aromatic rings. The normalized spacial score (nSPS) is 14.2. The topological polar surface area (TPSA) is 62.3 Å². The smallest absolute Gasteiger partial charge is 0.239 e. The zero-order valence-electron chi connectivity index (χ0n) is 9.72. The third-order valence-corrected chi connectivity index (χ3v) is 2.63. The fourth-order valence-electron chi connectivity index (χ4n) is 1.61. The summed E-state index contributed by atoms with van der Waals surface area (Å²) in [4.78, 5) is 28.2. The highest BCUT2D eigenvalue weighted by Crippen LogP contribution is 2.18. The van der Waals surface area contributed by atoms with Crippen molar-refractivity contribution in [3.05, 3.63) is 23.9 Å². The lowest BCUT2D eigenvalue weighted by molar-refractivity contribution is -0.119. The predicted molar refractivity (Wildman–Crippen MR) is 64.1 cm³/mol. The lowest BCUT2D eigenvalue weighted by atomic mass is 10.2. The summed E-state index contributed by atoms with van der Waals surface area (Å²) in [6.45, 7) is 0.217. The van der Waals surface area contributed by atoms with Gasteiger partial charge in [-0.1, -0.05) is 0 Å². The van der Waals surface area contributed by atoms with Crippen molar-refractivity contribution in [1.82, 2.24) is 10.3 Å². The molecule has 1 aromatic heterocycles. The molecule has 0 unspecified atom stereocenters. The second-order valence-electron chi connectivity index (χ2n) is 4.23. The lowest BCUT2D eigenvalue weighted by Crippen LogP contribution is -2.36. The van der Waals surface area contributed by atoms with Crippen LogP contribution in [0.25, 0.3) is 0 Å². The van der Waals surface area contributed by atoms with Gasteiger partial charge in [0.15, 0.2) is 6.29 Å². The van der Waals surface area contributed by atoms with Crippen molar-refractivity contribution in [1.29, 1.82) is 0 Å². The summed E-state index contributed by atoms with van der Waals surface area (Å²) < 4.78 is 0. The van der Waals surface area contributed by atoms with Gasteiger partial charge < -0.3 is 10.2 Å². The fraction of sp³-hybridized carbons (Fsp3) is 0.417. The van der Waals surface area contributed by atoms with Gasteiger partial charge in [-0.2, -0.15) is 0 Å². The summed E-state index contributed by atoms with van der Waals surface area (Å²) in [5, 5.41) is 2.90. The van der Waals surface area contributed by atoms with Crippen LogP contribution in [-0.2, 0) is 4.79 Å². The number of aromatic nitrogens is 1. The average Bonchev–Trinajstić information content (AvgIpc) is 3.12. The van der Waals surface area contributed by atoms with Gasteiger partial charge in [-0.05, 0) is 25.0 Å². The first-order valence-corrected chi connectivity index (χ1v) is 5.61. The standard InChI is InChI=1S/C12H15N3O2/c1-15(7-11(17)14-10-4-5-10)12-9(8-16)3-2-6-13-12/h2-3,6,8,10H,4-5,7H2,1H3,(H,14,17). The molecule has 1 heterocycles.